The Hall–Kier alpha value is -1.42. The van der Waals surface area contributed by atoms with Gasteiger partial charge in [-0.1, -0.05) is 35.3 Å². The van der Waals surface area contributed by atoms with E-state index in [1.165, 1.54) is 0 Å². The van der Waals surface area contributed by atoms with E-state index in [2.05, 4.69) is 0 Å². The molecule has 0 heterocycles. The molecule has 0 spiro atoms. The van der Waals surface area contributed by atoms with Crippen LogP contribution in [0.3, 0.4) is 0 Å². The van der Waals surface area contributed by atoms with Crippen molar-refractivity contribution in [3.63, 3.8) is 0 Å². The second kappa shape index (κ2) is 5.48. The summed E-state index contributed by atoms with van der Waals surface area (Å²) in [5.74, 6) is 0. The zero-order chi connectivity index (χ0) is 13.1. The Morgan fingerprint density at radius 2 is 1.61 bits per heavy atom. The summed E-state index contributed by atoms with van der Waals surface area (Å²) in [7, 11) is 0. The highest BCUT2D eigenvalue weighted by Crippen LogP contribution is 2.25. The van der Waals surface area contributed by atoms with Gasteiger partial charge in [0.15, 0.2) is 0 Å². The van der Waals surface area contributed by atoms with Crippen LogP contribution in [0.4, 0.5) is 11.4 Å². The lowest BCUT2D eigenvalue weighted by atomic mass is 10.0. The summed E-state index contributed by atoms with van der Waals surface area (Å²) < 4.78 is 0. The standard InChI is InChI=1S/C13H12Cl2N2O/c14-10-6-8(1-3-12(10)16)5-9-2-4-13(17-18)11(15)7-9/h1-4,6-7,17-18H,5,16H2. The van der Waals surface area contributed by atoms with Gasteiger partial charge in [0.2, 0.25) is 0 Å². The molecule has 0 amide bonds. The predicted molar refractivity (Wildman–Crippen MR) is 75.5 cm³/mol. The molecule has 0 bridgehead atoms. The number of nitrogen functional groups attached to an aromatic ring is 1. The molecular formula is C13H12Cl2N2O. The Kier molecular flexibility index (Phi) is 3.97. The fraction of sp³-hybridized carbons (Fsp3) is 0.0769. The molecule has 0 atom stereocenters. The van der Waals surface area contributed by atoms with Crippen LogP contribution in [0.1, 0.15) is 11.1 Å². The van der Waals surface area contributed by atoms with Crippen LogP contribution in [0.15, 0.2) is 36.4 Å². The molecule has 2 aromatic carbocycles. The molecule has 5 heteroatoms. The van der Waals surface area contributed by atoms with Gasteiger partial charge >= 0.3 is 0 Å². The average Bonchev–Trinajstić information content (AvgIpc) is 2.34. The molecular weight excluding hydrogens is 271 g/mol. The fourth-order valence-electron chi connectivity index (χ4n) is 1.68. The van der Waals surface area contributed by atoms with Crippen LogP contribution in [0, 0.1) is 0 Å². The second-order valence-corrected chi connectivity index (χ2v) is 4.77. The molecule has 0 unspecified atom stereocenters. The SMILES string of the molecule is Nc1ccc(Cc2ccc(NO)c(Cl)c2)cc1Cl. The molecule has 0 aliphatic carbocycles. The van der Waals surface area contributed by atoms with Crippen molar-refractivity contribution in [3.05, 3.63) is 57.6 Å². The Bertz CT molecular complexity index is 573. The van der Waals surface area contributed by atoms with Crippen molar-refractivity contribution in [2.45, 2.75) is 6.42 Å². The van der Waals surface area contributed by atoms with Crippen molar-refractivity contribution in [2.75, 3.05) is 11.2 Å². The van der Waals surface area contributed by atoms with E-state index in [0.717, 1.165) is 11.1 Å². The zero-order valence-electron chi connectivity index (χ0n) is 9.45. The van der Waals surface area contributed by atoms with Gasteiger partial charge in [0.25, 0.3) is 0 Å². The lowest BCUT2D eigenvalue weighted by molar-refractivity contribution is 0.389. The van der Waals surface area contributed by atoms with Crippen molar-refractivity contribution in [1.82, 2.24) is 0 Å². The number of hydrogen-bond donors (Lipinski definition) is 3. The number of halogens is 2. The molecule has 0 radical (unpaired) electrons. The van der Waals surface area contributed by atoms with Gasteiger partial charge in [-0.25, -0.2) is 0 Å². The summed E-state index contributed by atoms with van der Waals surface area (Å²) in [6.07, 6.45) is 0.700. The molecule has 0 aliphatic rings. The van der Waals surface area contributed by atoms with Gasteiger partial charge in [-0.15, -0.1) is 0 Å². The number of nitrogens with two attached hydrogens (primary N) is 1. The first-order chi connectivity index (χ1) is 8.60. The average molecular weight is 283 g/mol. The van der Waals surface area contributed by atoms with E-state index >= 15 is 0 Å². The third kappa shape index (κ3) is 2.88. The van der Waals surface area contributed by atoms with Crippen LogP contribution in [-0.2, 0) is 6.42 Å². The Balaban J connectivity index is 2.23. The van der Waals surface area contributed by atoms with E-state index in [1.807, 2.05) is 23.7 Å². The van der Waals surface area contributed by atoms with Crippen LogP contribution < -0.4 is 11.2 Å². The van der Waals surface area contributed by atoms with Crippen LogP contribution in [0.2, 0.25) is 10.0 Å². The molecule has 2 rings (SSSR count). The number of hydrogen-bond acceptors (Lipinski definition) is 3. The summed E-state index contributed by atoms with van der Waals surface area (Å²) in [6, 6.07) is 10.9. The third-order valence-corrected chi connectivity index (χ3v) is 3.27. The first kappa shape index (κ1) is 13.0. The van der Waals surface area contributed by atoms with Gasteiger partial charge in [-0.05, 0) is 41.8 Å². The van der Waals surface area contributed by atoms with E-state index in [0.29, 0.717) is 27.8 Å². The van der Waals surface area contributed by atoms with E-state index < -0.39 is 0 Å². The quantitative estimate of drug-likeness (QED) is 0.590. The van der Waals surface area contributed by atoms with Gasteiger partial charge < -0.3 is 5.73 Å². The Morgan fingerprint density at radius 1 is 1.00 bits per heavy atom. The number of nitrogens with one attached hydrogen (secondary N) is 1. The lowest BCUT2D eigenvalue weighted by Gasteiger charge is -2.07. The summed E-state index contributed by atoms with van der Waals surface area (Å²) in [6.45, 7) is 0. The van der Waals surface area contributed by atoms with E-state index in [9.17, 15) is 0 Å². The van der Waals surface area contributed by atoms with E-state index in [4.69, 9.17) is 34.1 Å². The van der Waals surface area contributed by atoms with Gasteiger partial charge in [0.1, 0.15) is 0 Å². The van der Waals surface area contributed by atoms with Crippen LogP contribution in [-0.4, -0.2) is 5.21 Å². The molecule has 2 aromatic rings. The highest BCUT2D eigenvalue weighted by molar-refractivity contribution is 6.33. The lowest BCUT2D eigenvalue weighted by Crippen LogP contribution is -1.94. The maximum absolute atomic E-state index is 8.80. The van der Waals surface area contributed by atoms with Crippen LogP contribution >= 0.6 is 23.2 Å². The minimum Gasteiger partial charge on any atom is -0.398 e. The van der Waals surface area contributed by atoms with Crippen molar-refractivity contribution in [2.24, 2.45) is 0 Å². The van der Waals surface area contributed by atoms with Gasteiger partial charge in [-0.3, -0.25) is 10.7 Å². The normalized spacial score (nSPS) is 10.4. The van der Waals surface area contributed by atoms with Gasteiger partial charge in [0, 0.05) is 0 Å². The topological polar surface area (TPSA) is 58.3 Å². The minimum atomic E-state index is 0.469. The van der Waals surface area contributed by atoms with Crippen molar-refractivity contribution in [1.29, 1.82) is 0 Å². The van der Waals surface area contributed by atoms with Crippen molar-refractivity contribution < 1.29 is 5.21 Å². The zero-order valence-corrected chi connectivity index (χ0v) is 11.0. The first-order valence-corrected chi connectivity index (χ1v) is 6.08. The van der Waals surface area contributed by atoms with E-state index in [1.54, 1.807) is 18.2 Å². The molecule has 0 aromatic heterocycles. The molecule has 0 saturated heterocycles. The van der Waals surface area contributed by atoms with Gasteiger partial charge in [-0.2, -0.15) is 0 Å². The molecule has 0 fully saturated rings. The first-order valence-electron chi connectivity index (χ1n) is 5.32. The second-order valence-electron chi connectivity index (χ2n) is 3.96. The maximum atomic E-state index is 8.80. The summed E-state index contributed by atoms with van der Waals surface area (Å²) in [4.78, 5) is 0. The molecule has 3 nitrogen and oxygen atoms in total. The number of benzene rings is 2. The van der Waals surface area contributed by atoms with Crippen LogP contribution in [0.25, 0.3) is 0 Å². The number of anilines is 2. The highest BCUT2D eigenvalue weighted by atomic mass is 35.5. The highest BCUT2D eigenvalue weighted by Gasteiger charge is 2.03. The Labute approximate surface area is 115 Å². The van der Waals surface area contributed by atoms with Crippen molar-refractivity contribution >= 4 is 34.6 Å². The van der Waals surface area contributed by atoms with E-state index in [-0.39, 0.29) is 0 Å². The molecule has 18 heavy (non-hydrogen) atoms. The maximum Gasteiger partial charge on any atom is 0.0788 e. The molecule has 4 N–H and O–H groups in total. The van der Waals surface area contributed by atoms with Crippen LogP contribution in [0.5, 0.6) is 0 Å². The van der Waals surface area contributed by atoms with Crippen molar-refractivity contribution in [3.8, 4) is 0 Å². The minimum absolute atomic E-state index is 0.469. The third-order valence-electron chi connectivity index (χ3n) is 2.63. The predicted octanol–water partition coefficient (Wildman–Crippen LogP) is 3.97. The fourth-order valence-corrected chi connectivity index (χ4v) is 2.12. The molecule has 0 saturated carbocycles. The molecule has 0 aliphatic heterocycles. The monoisotopic (exact) mass is 282 g/mol. The number of rotatable bonds is 3. The molecule has 94 valence electrons. The summed E-state index contributed by atoms with van der Waals surface area (Å²) in [5.41, 5.74) is 10.8. The smallest absolute Gasteiger partial charge is 0.0788 e. The Morgan fingerprint density at radius 3 is 2.17 bits per heavy atom. The summed E-state index contributed by atoms with van der Waals surface area (Å²) in [5, 5.41) is 9.82. The summed E-state index contributed by atoms with van der Waals surface area (Å²) >= 11 is 11.9. The largest absolute Gasteiger partial charge is 0.398 e. The van der Waals surface area contributed by atoms with Gasteiger partial charge in [0.05, 0.1) is 21.4 Å².